The van der Waals surface area contributed by atoms with Crippen LogP contribution in [0.15, 0.2) is 53.4 Å². The van der Waals surface area contributed by atoms with Crippen LogP contribution in [0.4, 0.5) is 26.3 Å². The van der Waals surface area contributed by atoms with E-state index in [1.165, 1.54) is 6.07 Å². The average molecular weight is 491 g/mol. The van der Waals surface area contributed by atoms with Gasteiger partial charge in [0.1, 0.15) is 0 Å². The third-order valence-electron chi connectivity index (χ3n) is 5.74. The van der Waals surface area contributed by atoms with Crippen LogP contribution in [-0.2, 0) is 28.9 Å². The van der Waals surface area contributed by atoms with E-state index in [2.05, 4.69) is 4.98 Å². The molecule has 3 aromatic rings. The van der Waals surface area contributed by atoms with Gasteiger partial charge in [-0.3, -0.25) is 0 Å². The Balaban J connectivity index is 1.49. The van der Waals surface area contributed by atoms with Crippen LogP contribution in [0.3, 0.4) is 0 Å². The molecule has 12 heteroatoms. The zero-order valence-corrected chi connectivity index (χ0v) is 17.9. The monoisotopic (exact) mass is 491 g/mol. The highest BCUT2D eigenvalue weighted by atomic mass is 32.2. The molecule has 0 saturated carbocycles. The van der Waals surface area contributed by atoms with E-state index in [4.69, 9.17) is 0 Å². The maximum Gasteiger partial charge on any atom is 0.449 e. The van der Waals surface area contributed by atoms with E-state index in [9.17, 15) is 34.8 Å². The first-order valence-corrected chi connectivity index (χ1v) is 11.5. The van der Waals surface area contributed by atoms with Crippen LogP contribution in [-0.4, -0.2) is 35.4 Å². The molecule has 0 radical (unpaired) electrons. The number of alkyl halides is 6. The van der Waals surface area contributed by atoms with Crippen LogP contribution < -0.4 is 0 Å². The minimum atomic E-state index is -4.63. The summed E-state index contributed by atoms with van der Waals surface area (Å²) in [6.07, 6.45) is -8.59. The third-order valence-corrected chi connectivity index (χ3v) is 7.65. The maximum atomic E-state index is 13.5. The molecule has 0 N–H and O–H groups in total. The van der Waals surface area contributed by atoms with E-state index in [1.807, 2.05) is 0 Å². The van der Waals surface area contributed by atoms with Crippen molar-refractivity contribution in [1.29, 1.82) is 0 Å². The second-order valence-electron chi connectivity index (χ2n) is 7.90. The predicted molar refractivity (Wildman–Crippen MR) is 108 cm³/mol. The maximum absolute atomic E-state index is 13.5. The number of nitrogens with zero attached hydrogens (tertiary/aromatic N) is 3. The number of halogens is 6. The first kappa shape index (κ1) is 23.6. The Morgan fingerprint density at radius 1 is 0.879 bits per heavy atom. The van der Waals surface area contributed by atoms with Gasteiger partial charge in [0.25, 0.3) is 0 Å². The first-order valence-electron chi connectivity index (χ1n) is 10.1. The normalized spacial score (nSPS) is 17.0. The summed E-state index contributed by atoms with van der Waals surface area (Å²) in [5.41, 5.74) is -0.370. The molecule has 1 aliphatic rings. The minimum absolute atomic E-state index is 0.0313. The fraction of sp³-hybridized carbons (Fsp3) is 0.381. The number of aromatic nitrogens is 2. The van der Waals surface area contributed by atoms with Gasteiger partial charge in [0.15, 0.2) is 0 Å². The second kappa shape index (κ2) is 8.32. The van der Waals surface area contributed by atoms with Gasteiger partial charge >= 0.3 is 12.4 Å². The van der Waals surface area contributed by atoms with E-state index in [-0.39, 0.29) is 36.0 Å². The van der Waals surface area contributed by atoms with Gasteiger partial charge in [-0.2, -0.15) is 30.6 Å². The summed E-state index contributed by atoms with van der Waals surface area (Å²) in [5.74, 6) is -1.22. The van der Waals surface area contributed by atoms with E-state index in [1.54, 1.807) is 18.2 Å². The van der Waals surface area contributed by atoms with Gasteiger partial charge < -0.3 is 4.57 Å². The second-order valence-corrected chi connectivity index (χ2v) is 9.84. The molecular weight excluding hydrogens is 472 g/mol. The SMILES string of the molecule is O=S(=O)(c1ccc(C(F)(F)F)cc1)N1CCC(Cn2c(C(F)(F)F)nc3ccccc32)CC1. The molecule has 1 aromatic heterocycles. The van der Waals surface area contributed by atoms with Crippen LogP contribution in [0.2, 0.25) is 0 Å². The summed E-state index contributed by atoms with van der Waals surface area (Å²) in [6.45, 7) is 0.146. The Bertz CT molecular complexity index is 1240. The molecule has 4 rings (SSSR count). The van der Waals surface area contributed by atoms with Gasteiger partial charge in [-0.15, -0.1) is 0 Å². The van der Waals surface area contributed by atoms with Crippen molar-refractivity contribution in [3.8, 4) is 0 Å². The number of sulfonamides is 1. The van der Waals surface area contributed by atoms with Gasteiger partial charge in [-0.25, -0.2) is 13.4 Å². The molecule has 0 atom stereocenters. The Labute approximate surface area is 185 Å². The number of hydrogen-bond acceptors (Lipinski definition) is 3. The molecule has 0 amide bonds. The van der Waals surface area contributed by atoms with Crippen molar-refractivity contribution in [2.45, 2.75) is 36.6 Å². The van der Waals surface area contributed by atoms with Crippen LogP contribution >= 0.6 is 0 Å². The largest absolute Gasteiger partial charge is 0.449 e. The van der Waals surface area contributed by atoms with Crippen molar-refractivity contribution in [3.63, 3.8) is 0 Å². The summed E-state index contributed by atoms with van der Waals surface area (Å²) in [5, 5.41) is 0. The smallest absolute Gasteiger partial charge is 0.320 e. The molecular formula is C21H19F6N3O2S. The Kier molecular flexibility index (Phi) is 5.94. The molecule has 0 unspecified atom stereocenters. The van der Waals surface area contributed by atoms with Crippen LogP contribution in [0, 0.1) is 5.92 Å². The van der Waals surface area contributed by atoms with E-state index in [0.29, 0.717) is 30.5 Å². The highest BCUT2D eigenvalue weighted by Crippen LogP contribution is 2.34. The molecule has 2 heterocycles. The fourth-order valence-corrected chi connectivity index (χ4v) is 5.50. The Hall–Kier alpha value is -2.60. The van der Waals surface area contributed by atoms with Crippen molar-refractivity contribution in [1.82, 2.24) is 13.9 Å². The summed E-state index contributed by atoms with van der Waals surface area (Å²) in [6, 6.07) is 9.53. The summed E-state index contributed by atoms with van der Waals surface area (Å²) in [7, 11) is -4.01. The number of imidazole rings is 1. The third kappa shape index (κ3) is 4.72. The summed E-state index contributed by atoms with van der Waals surface area (Å²) >= 11 is 0. The summed E-state index contributed by atoms with van der Waals surface area (Å²) in [4.78, 5) is 3.46. The summed E-state index contributed by atoms with van der Waals surface area (Å²) < 4.78 is 107. The predicted octanol–water partition coefficient (Wildman–Crippen LogP) is 5.17. The quantitative estimate of drug-likeness (QED) is 0.473. The van der Waals surface area contributed by atoms with Gasteiger partial charge in [0.2, 0.25) is 15.8 Å². The lowest BCUT2D eigenvalue weighted by molar-refractivity contribution is -0.147. The highest BCUT2D eigenvalue weighted by Gasteiger charge is 2.39. The molecule has 178 valence electrons. The van der Waals surface area contributed by atoms with Crippen molar-refractivity contribution in [2.24, 2.45) is 5.92 Å². The van der Waals surface area contributed by atoms with Gasteiger partial charge in [-0.1, -0.05) is 12.1 Å². The lowest BCUT2D eigenvalue weighted by Crippen LogP contribution is -2.39. The van der Waals surface area contributed by atoms with E-state index in [0.717, 1.165) is 21.0 Å². The molecule has 0 spiro atoms. The Morgan fingerprint density at radius 3 is 2.06 bits per heavy atom. The van der Waals surface area contributed by atoms with Gasteiger partial charge in [-0.05, 0) is 55.2 Å². The number of rotatable bonds is 4. The molecule has 1 aliphatic heterocycles. The van der Waals surface area contributed by atoms with E-state index < -0.39 is 33.8 Å². The highest BCUT2D eigenvalue weighted by molar-refractivity contribution is 7.89. The molecule has 1 fully saturated rings. The lowest BCUT2D eigenvalue weighted by Gasteiger charge is -2.31. The topological polar surface area (TPSA) is 55.2 Å². The minimum Gasteiger partial charge on any atom is -0.320 e. The molecule has 33 heavy (non-hydrogen) atoms. The molecule has 0 bridgehead atoms. The number of piperidine rings is 1. The standard InChI is InChI=1S/C21H19F6N3O2S/c22-20(23,24)15-5-7-16(8-6-15)33(31,32)29-11-9-14(10-12-29)13-30-18-4-2-1-3-17(18)28-19(30)21(25,26)27/h1-8,14H,9-13H2. The molecule has 0 aliphatic carbocycles. The number of fused-ring (bicyclic) bond motifs is 1. The zero-order valence-electron chi connectivity index (χ0n) is 17.1. The molecule has 2 aromatic carbocycles. The van der Waals surface area contributed by atoms with Crippen molar-refractivity contribution in [2.75, 3.05) is 13.1 Å². The van der Waals surface area contributed by atoms with Crippen LogP contribution in [0.5, 0.6) is 0 Å². The lowest BCUT2D eigenvalue weighted by atomic mass is 9.98. The first-order chi connectivity index (χ1) is 15.4. The van der Waals surface area contributed by atoms with Crippen molar-refractivity contribution < 1.29 is 34.8 Å². The molecule has 5 nitrogen and oxygen atoms in total. The van der Waals surface area contributed by atoms with Crippen molar-refractivity contribution >= 4 is 21.1 Å². The number of benzene rings is 2. The van der Waals surface area contributed by atoms with Crippen molar-refractivity contribution in [3.05, 3.63) is 59.9 Å². The average Bonchev–Trinajstić information content (AvgIpc) is 3.13. The number of para-hydroxylation sites is 2. The fourth-order valence-electron chi connectivity index (χ4n) is 4.03. The van der Waals surface area contributed by atoms with Crippen LogP contribution in [0.1, 0.15) is 24.2 Å². The zero-order chi connectivity index (χ0) is 24.0. The van der Waals surface area contributed by atoms with Crippen LogP contribution in [0.25, 0.3) is 11.0 Å². The number of hydrogen-bond donors (Lipinski definition) is 0. The Morgan fingerprint density at radius 2 is 1.48 bits per heavy atom. The van der Waals surface area contributed by atoms with E-state index >= 15 is 0 Å². The van der Waals surface area contributed by atoms with Gasteiger partial charge in [0, 0.05) is 19.6 Å². The molecule has 1 saturated heterocycles. The van der Waals surface area contributed by atoms with Gasteiger partial charge in [0.05, 0.1) is 21.5 Å².